The van der Waals surface area contributed by atoms with Crippen molar-refractivity contribution in [3.8, 4) is 0 Å². The van der Waals surface area contributed by atoms with Crippen molar-refractivity contribution in [2.75, 3.05) is 6.61 Å². The Bertz CT molecular complexity index is 327. The van der Waals surface area contributed by atoms with Gasteiger partial charge in [0.15, 0.2) is 6.10 Å². The molecule has 0 aromatic heterocycles. The molecule has 2 aliphatic rings. The van der Waals surface area contributed by atoms with Crippen LogP contribution in [0.25, 0.3) is 0 Å². The molecule has 1 unspecified atom stereocenters. The summed E-state index contributed by atoms with van der Waals surface area (Å²) >= 11 is 0. The highest BCUT2D eigenvalue weighted by Crippen LogP contribution is 2.40. The summed E-state index contributed by atoms with van der Waals surface area (Å²) in [6, 6.07) is 0. The summed E-state index contributed by atoms with van der Waals surface area (Å²) < 4.78 is 9.68. The monoisotopic (exact) mass is 284 g/mol. The molecule has 0 amide bonds. The number of epoxide rings is 1. The minimum atomic E-state index is -1.24. The first-order valence-electron chi connectivity index (χ1n) is 7.72. The Morgan fingerprint density at radius 2 is 1.75 bits per heavy atom. The zero-order valence-electron chi connectivity index (χ0n) is 13.0. The van der Waals surface area contributed by atoms with Crippen molar-refractivity contribution in [3.63, 3.8) is 0 Å². The van der Waals surface area contributed by atoms with Gasteiger partial charge >= 0.3 is 5.97 Å². The van der Waals surface area contributed by atoms with Gasteiger partial charge in [-0.2, -0.15) is 0 Å². The summed E-state index contributed by atoms with van der Waals surface area (Å²) in [6.45, 7) is 10.1. The predicted octanol–water partition coefficient (Wildman–Crippen LogP) is 3.19. The number of unbranched alkanes of at least 4 members (excludes halogenated alkanes) is 5. The molecule has 0 aromatic rings. The minimum Gasteiger partial charge on any atom is -0.453 e. The third-order valence-electron chi connectivity index (χ3n) is 3.84. The quantitative estimate of drug-likeness (QED) is 0.352. The van der Waals surface area contributed by atoms with Gasteiger partial charge in [-0.05, 0) is 0 Å². The smallest absolute Gasteiger partial charge is 0.334 e. The molecular weight excluding hydrogens is 256 g/mol. The van der Waals surface area contributed by atoms with Gasteiger partial charge in [0.2, 0.25) is 5.79 Å². The van der Waals surface area contributed by atoms with Crippen LogP contribution < -0.4 is 0 Å². The number of aliphatic hydroxyl groups is 1. The highest BCUT2D eigenvalue weighted by molar-refractivity contribution is 5.90. The zero-order valence-corrected chi connectivity index (χ0v) is 13.0. The second kappa shape index (κ2) is 7.79. The first-order chi connectivity index (χ1) is 9.46. The number of carbonyl (C=O) groups excluding carboxylic acids is 1. The third-order valence-corrected chi connectivity index (χ3v) is 3.84. The van der Waals surface area contributed by atoms with E-state index in [0.717, 1.165) is 0 Å². The summed E-state index contributed by atoms with van der Waals surface area (Å²) in [4.78, 5) is 11.0. The van der Waals surface area contributed by atoms with Gasteiger partial charge in [0.1, 0.15) is 6.61 Å². The Balaban J connectivity index is 0.000000221. The van der Waals surface area contributed by atoms with Crippen LogP contribution in [0.4, 0.5) is 0 Å². The molecule has 2 fully saturated rings. The number of hydrogen-bond donors (Lipinski definition) is 1. The van der Waals surface area contributed by atoms with E-state index < -0.39 is 17.9 Å². The van der Waals surface area contributed by atoms with Crippen LogP contribution in [0.3, 0.4) is 0 Å². The van der Waals surface area contributed by atoms with Crippen LogP contribution in [0.2, 0.25) is 0 Å². The Hall–Kier alpha value is -0.870. The number of ether oxygens (including phenoxy) is 2. The van der Waals surface area contributed by atoms with Gasteiger partial charge in [-0.25, -0.2) is 4.79 Å². The molecule has 20 heavy (non-hydrogen) atoms. The number of rotatable bonds is 6. The average Bonchev–Trinajstić information content (AvgIpc) is 3.12. The zero-order chi connectivity index (χ0) is 15.2. The van der Waals surface area contributed by atoms with E-state index in [-0.39, 0.29) is 12.5 Å². The van der Waals surface area contributed by atoms with Crippen LogP contribution in [0.15, 0.2) is 12.2 Å². The Labute approximate surface area is 122 Å². The van der Waals surface area contributed by atoms with Gasteiger partial charge in [0.05, 0.1) is 0 Å². The molecule has 116 valence electrons. The van der Waals surface area contributed by atoms with E-state index in [0.29, 0.717) is 5.57 Å². The van der Waals surface area contributed by atoms with Gasteiger partial charge in [-0.15, -0.1) is 0 Å². The van der Waals surface area contributed by atoms with Gasteiger partial charge in [0, 0.05) is 11.5 Å². The lowest BCUT2D eigenvalue weighted by atomic mass is 9.96. The number of carbonyl (C=O) groups is 1. The fraction of sp³-hybridized carbons (Fsp3) is 0.812. The second-order valence-corrected chi connectivity index (χ2v) is 5.69. The highest BCUT2D eigenvalue weighted by Gasteiger charge is 2.58. The molecule has 2 rings (SSSR count). The molecule has 0 aromatic carbocycles. The van der Waals surface area contributed by atoms with E-state index in [2.05, 4.69) is 20.4 Å². The van der Waals surface area contributed by atoms with Gasteiger partial charge in [-0.1, -0.05) is 65.9 Å². The second-order valence-electron chi connectivity index (χ2n) is 5.69. The summed E-state index contributed by atoms with van der Waals surface area (Å²) in [5.41, 5.74) is 0.406. The highest BCUT2D eigenvalue weighted by atomic mass is 16.7. The maximum atomic E-state index is 11.0. The van der Waals surface area contributed by atoms with E-state index in [1.54, 1.807) is 6.92 Å². The molecule has 0 radical (unpaired) electrons. The van der Waals surface area contributed by atoms with Crippen LogP contribution in [-0.4, -0.2) is 29.6 Å². The van der Waals surface area contributed by atoms with E-state index >= 15 is 0 Å². The van der Waals surface area contributed by atoms with Gasteiger partial charge in [0.25, 0.3) is 0 Å². The van der Waals surface area contributed by atoms with Crippen LogP contribution in [-0.2, 0) is 14.3 Å². The van der Waals surface area contributed by atoms with E-state index in [1.807, 2.05) is 0 Å². The Morgan fingerprint density at radius 1 is 1.25 bits per heavy atom. The van der Waals surface area contributed by atoms with Crippen LogP contribution in [0.5, 0.6) is 0 Å². The Morgan fingerprint density at radius 3 is 2.05 bits per heavy atom. The van der Waals surface area contributed by atoms with Gasteiger partial charge < -0.3 is 14.6 Å². The molecule has 3 atom stereocenters. The minimum absolute atomic E-state index is 0.162. The first-order valence-corrected chi connectivity index (χ1v) is 7.72. The first kappa shape index (κ1) is 17.2. The van der Waals surface area contributed by atoms with Crippen molar-refractivity contribution >= 4 is 5.97 Å². The van der Waals surface area contributed by atoms with Crippen molar-refractivity contribution in [1.82, 2.24) is 0 Å². The molecule has 0 aliphatic carbocycles. The molecule has 2 saturated heterocycles. The van der Waals surface area contributed by atoms with E-state index in [1.165, 1.54) is 38.5 Å². The fourth-order valence-electron chi connectivity index (χ4n) is 2.24. The standard InChI is InChI=1S/C8H10O4.C8H18/c1-4-5(2)7(9)12-6(4)8(10)3-11-8;1-3-5-7-8-6-4-2/h4,6,10H,2-3H2,1H3;3-8H2,1-2H3/t4-,6+,8?;/m0./s1. The Kier molecular flexibility index (Phi) is 6.69. The number of esters is 1. The average molecular weight is 284 g/mol. The fourth-order valence-corrected chi connectivity index (χ4v) is 2.24. The van der Waals surface area contributed by atoms with Gasteiger partial charge in [-0.3, -0.25) is 0 Å². The molecule has 4 heteroatoms. The molecule has 0 saturated carbocycles. The molecule has 0 spiro atoms. The lowest BCUT2D eigenvalue weighted by Crippen LogP contribution is -2.33. The molecule has 2 heterocycles. The van der Waals surface area contributed by atoms with Crippen LogP contribution in [0, 0.1) is 5.92 Å². The van der Waals surface area contributed by atoms with Crippen molar-refractivity contribution in [3.05, 3.63) is 12.2 Å². The lowest BCUT2D eigenvalue weighted by molar-refractivity contribution is -0.152. The van der Waals surface area contributed by atoms with E-state index in [4.69, 9.17) is 9.47 Å². The maximum absolute atomic E-state index is 11.0. The number of cyclic esters (lactones) is 1. The number of hydrogen-bond acceptors (Lipinski definition) is 4. The van der Waals surface area contributed by atoms with E-state index in [9.17, 15) is 9.90 Å². The SMILES string of the molecule is C=C1C(=O)O[C@@H](C2(O)CO2)[C@H]1C.CCCCCCCC. The summed E-state index contributed by atoms with van der Waals surface area (Å²) in [5.74, 6) is -1.84. The molecule has 1 N–H and O–H groups in total. The topological polar surface area (TPSA) is 59.1 Å². The largest absolute Gasteiger partial charge is 0.453 e. The van der Waals surface area contributed by atoms with Crippen molar-refractivity contribution in [2.24, 2.45) is 5.92 Å². The van der Waals surface area contributed by atoms with Crippen molar-refractivity contribution in [2.45, 2.75) is 71.2 Å². The summed E-state index contributed by atoms with van der Waals surface area (Å²) in [7, 11) is 0. The summed E-state index contributed by atoms with van der Waals surface area (Å²) in [5, 5.41) is 9.49. The normalized spacial score (nSPS) is 31.6. The van der Waals surface area contributed by atoms with Crippen molar-refractivity contribution < 1.29 is 19.4 Å². The maximum Gasteiger partial charge on any atom is 0.334 e. The van der Waals surface area contributed by atoms with Crippen LogP contribution >= 0.6 is 0 Å². The summed E-state index contributed by atoms with van der Waals surface area (Å²) in [6.07, 6.45) is 7.92. The lowest BCUT2D eigenvalue weighted by Gasteiger charge is -2.15. The third kappa shape index (κ3) is 4.60. The molecule has 4 nitrogen and oxygen atoms in total. The predicted molar refractivity (Wildman–Crippen MR) is 78.1 cm³/mol. The van der Waals surface area contributed by atoms with Crippen molar-refractivity contribution in [1.29, 1.82) is 0 Å². The van der Waals surface area contributed by atoms with Crippen LogP contribution in [0.1, 0.15) is 59.3 Å². The molecule has 2 aliphatic heterocycles. The molecule has 0 bridgehead atoms. The molecular formula is C16H28O4.